The summed E-state index contributed by atoms with van der Waals surface area (Å²) in [5.41, 5.74) is 3.00. The van der Waals surface area contributed by atoms with Crippen molar-refractivity contribution in [3.63, 3.8) is 0 Å². The van der Waals surface area contributed by atoms with Gasteiger partial charge in [0.05, 0.1) is 0 Å². The highest BCUT2D eigenvalue weighted by molar-refractivity contribution is 5.77. The molecule has 3 heteroatoms. The number of aryl methyl sites for hydroxylation is 1. The largest absolute Gasteiger partial charge is 0.441 e. The molecule has 1 N–H and O–H groups in total. The molecule has 3 nitrogen and oxygen atoms in total. The first-order valence-corrected chi connectivity index (χ1v) is 7.63. The Morgan fingerprint density at radius 2 is 2.25 bits per heavy atom. The number of rotatable bonds is 4. The molecule has 1 aromatic carbocycles. The molecule has 0 spiro atoms. The standard InChI is InChI=1S/C17H20N2O/c1-2-17-19-15-9-14(5-6-16(15)20-17)18-10-13-8-11-3-4-12(13)7-11/h3-6,9,11-13,18H,2,7-8,10H2,1H3. The summed E-state index contributed by atoms with van der Waals surface area (Å²) in [6.07, 6.45) is 8.37. The van der Waals surface area contributed by atoms with Crippen molar-refractivity contribution in [1.29, 1.82) is 0 Å². The molecule has 2 bridgehead atoms. The van der Waals surface area contributed by atoms with Gasteiger partial charge in [0.2, 0.25) is 0 Å². The molecule has 1 saturated carbocycles. The molecular formula is C17H20N2O. The molecule has 3 unspecified atom stereocenters. The molecule has 0 aliphatic heterocycles. The molecule has 0 saturated heterocycles. The molecule has 1 fully saturated rings. The summed E-state index contributed by atoms with van der Waals surface area (Å²) in [6.45, 7) is 3.13. The van der Waals surface area contributed by atoms with Crippen LogP contribution in [-0.2, 0) is 6.42 Å². The molecule has 104 valence electrons. The summed E-state index contributed by atoms with van der Waals surface area (Å²) in [7, 11) is 0. The van der Waals surface area contributed by atoms with Crippen molar-refractivity contribution < 1.29 is 4.42 Å². The highest BCUT2D eigenvalue weighted by atomic mass is 16.3. The van der Waals surface area contributed by atoms with E-state index in [-0.39, 0.29) is 0 Å². The first kappa shape index (κ1) is 12.0. The second-order valence-electron chi connectivity index (χ2n) is 6.06. The van der Waals surface area contributed by atoms with Gasteiger partial charge in [-0.1, -0.05) is 19.1 Å². The van der Waals surface area contributed by atoms with Crippen molar-refractivity contribution >= 4 is 16.8 Å². The summed E-state index contributed by atoms with van der Waals surface area (Å²) in [6, 6.07) is 6.21. The first-order chi connectivity index (χ1) is 9.81. The van der Waals surface area contributed by atoms with Gasteiger partial charge in [-0.25, -0.2) is 4.98 Å². The van der Waals surface area contributed by atoms with Gasteiger partial charge < -0.3 is 9.73 Å². The van der Waals surface area contributed by atoms with Crippen LogP contribution in [0.25, 0.3) is 11.1 Å². The lowest BCUT2D eigenvalue weighted by molar-refractivity contribution is 0.472. The van der Waals surface area contributed by atoms with Crippen molar-refractivity contribution in [1.82, 2.24) is 4.98 Å². The monoisotopic (exact) mass is 268 g/mol. The number of nitrogens with zero attached hydrogens (tertiary/aromatic N) is 1. The predicted molar refractivity (Wildman–Crippen MR) is 80.7 cm³/mol. The smallest absolute Gasteiger partial charge is 0.195 e. The van der Waals surface area contributed by atoms with Crippen LogP contribution in [0.2, 0.25) is 0 Å². The second-order valence-corrected chi connectivity index (χ2v) is 6.06. The molecular weight excluding hydrogens is 248 g/mol. The number of hydrogen-bond donors (Lipinski definition) is 1. The van der Waals surface area contributed by atoms with Crippen LogP contribution in [0.15, 0.2) is 34.8 Å². The van der Waals surface area contributed by atoms with Crippen LogP contribution in [0.3, 0.4) is 0 Å². The van der Waals surface area contributed by atoms with E-state index >= 15 is 0 Å². The maximum Gasteiger partial charge on any atom is 0.195 e. The fraction of sp³-hybridized carbons (Fsp3) is 0.471. The van der Waals surface area contributed by atoms with Crippen LogP contribution in [0.5, 0.6) is 0 Å². The van der Waals surface area contributed by atoms with E-state index in [1.165, 1.54) is 12.8 Å². The van der Waals surface area contributed by atoms with Crippen LogP contribution in [0.4, 0.5) is 5.69 Å². The summed E-state index contributed by atoms with van der Waals surface area (Å²) < 4.78 is 5.64. The van der Waals surface area contributed by atoms with Gasteiger partial charge in [0.15, 0.2) is 11.5 Å². The van der Waals surface area contributed by atoms with Gasteiger partial charge in [-0.05, 0) is 48.8 Å². The molecule has 2 aromatic rings. The topological polar surface area (TPSA) is 38.1 Å². The Kier molecular flexibility index (Phi) is 2.79. The van der Waals surface area contributed by atoms with Gasteiger partial charge in [-0.15, -0.1) is 0 Å². The zero-order valence-corrected chi connectivity index (χ0v) is 11.8. The van der Waals surface area contributed by atoms with E-state index in [2.05, 4.69) is 41.5 Å². The number of anilines is 1. The fourth-order valence-electron chi connectivity index (χ4n) is 3.61. The highest BCUT2D eigenvalue weighted by Crippen LogP contribution is 2.43. The number of hydrogen-bond acceptors (Lipinski definition) is 3. The van der Waals surface area contributed by atoms with E-state index in [0.717, 1.165) is 53.4 Å². The summed E-state index contributed by atoms with van der Waals surface area (Å²) >= 11 is 0. The minimum absolute atomic E-state index is 0.796. The summed E-state index contributed by atoms with van der Waals surface area (Å²) in [5, 5.41) is 3.58. The summed E-state index contributed by atoms with van der Waals surface area (Å²) in [4.78, 5) is 4.49. The molecule has 4 rings (SSSR count). The average molecular weight is 268 g/mol. The van der Waals surface area contributed by atoms with Crippen molar-refractivity contribution in [3.8, 4) is 0 Å². The van der Waals surface area contributed by atoms with Gasteiger partial charge in [0, 0.05) is 18.7 Å². The Balaban J connectivity index is 1.47. The van der Waals surface area contributed by atoms with Crippen molar-refractivity contribution in [2.24, 2.45) is 17.8 Å². The van der Waals surface area contributed by atoms with Crippen LogP contribution >= 0.6 is 0 Å². The predicted octanol–water partition coefficient (Wildman–Crippen LogP) is 4.01. The normalized spacial score (nSPS) is 27.6. The zero-order valence-electron chi connectivity index (χ0n) is 11.8. The van der Waals surface area contributed by atoms with E-state index in [1.807, 2.05) is 6.07 Å². The summed E-state index contributed by atoms with van der Waals surface area (Å²) in [5.74, 6) is 3.26. The fourth-order valence-corrected chi connectivity index (χ4v) is 3.61. The van der Waals surface area contributed by atoms with Crippen LogP contribution in [0, 0.1) is 17.8 Å². The maximum atomic E-state index is 5.64. The minimum Gasteiger partial charge on any atom is -0.441 e. The van der Waals surface area contributed by atoms with E-state index in [9.17, 15) is 0 Å². The van der Waals surface area contributed by atoms with Crippen molar-refractivity contribution in [2.45, 2.75) is 26.2 Å². The number of fused-ring (bicyclic) bond motifs is 3. The average Bonchev–Trinajstić information content (AvgIpc) is 3.18. The van der Waals surface area contributed by atoms with Gasteiger partial charge in [0.1, 0.15) is 5.52 Å². The molecule has 2 aliphatic carbocycles. The van der Waals surface area contributed by atoms with Crippen molar-refractivity contribution in [2.75, 3.05) is 11.9 Å². The molecule has 1 heterocycles. The lowest BCUT2D eigenvalue weighted by atomic mass is 9.93. The van der Waals surface area contributed by atoms with Crippen LogP contribution in [0.1, 0.15) is 25.7 Å². The molecule has 0 amide bonds. The number of aromatic nitrogens is 1. The number of allylic oxidation sites excluding steroid dienone is 2. The maximum absolute atomic E-state index is 5.64. The third kappa shape index (κ3) is 2.01. The SMILES string of the molecule is CCc1nc2cc(NCC3CC4C=CC3C4)ccc2o1. The number of benzene rings is 1. The second kappa shape index (κ2) is 4.65. The number of nitrogens with one attached hydrogen (secondary N) is 1. The van der Waals surface area contributed by atoms with Gasteiger partial charge in [-0.2, -0.15) is 0 Å². The Morgan fingerprint density at radius 1 is 1.30 bits per heavy atom. The van der Waals surface area contributed by atoms with E-state index in [0.29, 0.717) is 0 Å². The third-order valence-corrected chi connectivity index (χ3v) is 4.72. The number of oxazole rings is 1. The highest BCUT2D eigenvalue weighted by Gasteiger charge is 2.35. The van der Waals surface area contributed by atoms with Crippen LogP contribution < -0.4 is 5.32 Å². The van der Waals surface area contributed by atoms with Crippen molar-refractivity contribution in [3.05, 3.63) is 36.2 Å². The molecule has 20 heavy (non-hydrogen) atoms. The molecule has 0 radical (unpaired) electrons. The van der Waals surface area contributed by atoms with E-state index in [1.54, 1.807) is 0 Å². The van der Waals surface area contributed by atoms with Gasteiger partial charge in [0.25, 0.3) is 0 Å². The van der Waals surface area contributed by atoms with E-state index < -0.39 is 0 Å². The first-order valence-electron chi connectivity index (χ1n) is 7.63. The van der Waals surface area contributed by atoms with Gasteiger partial charge in [-0.3, -0.25) is 0 Å². The van der Waals surface area contributed by atoms with E-state index in [4.69, 9.17) is 4.42 Å². The Labute approximate surface area is 119 Å². The third-order valence-electron chi connectivity index (χ3n) is 4.72. The lowest BCUT2D eigenvalue weighted by Crippen LogP contribution is -2.18. The molecule has 1 aromatic heterocycles. The zero-order chi connectivity index (χ0) is 13.5. The minimum atomic E-state index is 0.796. The molecule has 3 atom stereocenters. The Bertz CT molecular complexity index is 658. The lowest BCUT2D eigenvalue weighted by Gasteiger charge is -2.19. The van der Waals surface area contributed by atoms with Crippen LogP contribution in [-0.4, -0.2) is 11.5 Å². The van der Waals surface area contributed by atoms with Gasteiger partial charge >= 0.3 is 0 Å². The quantitative estimate of drug-likeness (QED) is 0.851. The Hall–Kier alpha value is -1.77. The Morgan fingerprint density at radius 3 is 3.00 bits per heavy atom. The molecule has 2 aliphatic rings.